The number of nitrogens with one attached hydrogen (secondary N) is 2. The van der Waals surface area contributed by atoms with E-state index in [1.807, 2.05) is 11.0 Å². The van der Waals surface area contributed by atoms with Gasteiger partial charge in [0.05, 0.1) is 6.54 Å². The first-order chi connectivity index (χ1) is 14.1. The molecule has 2 fully saturated rings. The van der Waals surface area contributed by atoms with E-state index < -0.39 is 0 Å². The highest BCUT2D eigenvalue weighted by Gasteiger charge is 2.30. The van der Waals surface area contributed by atoms with Gasteiger partial charge in [0.25, 0.3) is 0 Å². The summed E-state index contributed by atoms with van der Waals surface area (Å²) < 4.78 is 0. The van der Waals surface area contributed by atoms with Crippen LogP contribution in [0.2, 0.25) is 0 Å². The standard InChI is InChI=1S/C23H37N5O.HI/c1-4-24-23(25-15-18(2)27(3)21-10-11-21)26-16-20-14-22(29)28(17-20)13-12-19-8-6-5-7-9-19;/h5-9,18,20-21H,4,10-17H2,1-3H3,(H2,24,25,26);1H. The molecule has 0 spiro atoms. The molecule has 2 N–H and O–H groups in total. The summed E-state index contributed by atoms with van der Waals surface area (Å²) in [7, 11) is 2.20. The molecule has 168 valence electrons. The number of benzene rings is 1. The Morgan fingerprint density at radius 1 is 1.27 bits per heavy atom. The van der Waals surface area contributed by atoms with Gasteiger partial charge < -0.3 is 15.5 Å². The Balaban J connectivity index is 0.00000320. The first-order valence-electron chi connectivity index (χ1n) is 11.1. The first kappa shape index (κ1) is 24.9. The van der Waals surface area contributed by atoms with Crippen molar-refractivity contribution in [2.24, 2.45) is 10.9 Å². The van der Waals surface area contributed by atoms with Gasteiger partial charge >= 0.3 is 0 Å². The molecule has 7 heteroatoms. The van der Waals surface area contributed by atoms with Crippen LogP contribution in [-0.4, -0.2) is 73.5 Å². The van der Waals surface area contributed by atoms with Crippen molar-refractivity contribution in [1.82, 2.24) is 20.4 Å². The van der Waals surface area contributed by atoms with Crippen LogP contribution in [0.5, 0.6) is 0 Å². The predicted molar refractivity (Wildman–Crippen MR) is 134 cm³/mol. The summed E-state index contributed by atoms with van der Waals surface area (Å²) >= 11 is 0. The van der Waals surface area contributed by atoms with Crippen molar-refractivity contribution in [3.05, 3.63) is 35.9 Å². The summed E-state index contributed by atoms with van der Waals surface area (Å²) in [6.07, 6.45) is 4.18. The zero-order valence-electron chi connectivity index (χ0n) is 18.6. The maximum Gasteiger partial charge on any atom is 0.223 e. The number of aliphatic imine (C=N–C) groups is 1. The molecule has 1 heterocycles. The number of hydrogen-bond donors (Lipinski definition) is 2. The highest BCUT2D eigenvalue weighted by Crippen LogP contribution is 2.26. The fourth-order valence-corrected chi connectivity index (χ4v) is 3.89. The number of likely N-dealkylation sites (N-methyl/N-ethyl adjacent to an activating group) is 1. The van der Waals surface area contributed by atoms with Crippen LogP contribution in [0.15, 0.2) is 35.3 Å². The molecule has 1 aliphatic carbocycles. The van der Waals surface area contributed by atoms with Crippen molar-refractivity contribution in [2.75, 3.05) is 39.8 Å². The lowest BCUT2D eigenvalue weighted by Gasteiger charge is -2.23. The van der Waals surface area contributed by atoms with E-state index in [9.17, 15) is 4.79 Å². The van der Waals surface area contributed by atoms with E-state index in [2.05, 4.69) is 60.7 Å². The summed E-state index contributed by atoms with van der Waals surface area (Å²) in [5, 5.41) is 6.79. The molecule has 1 aromatic carbocycles. The molecule has 2 unspecified atom stereocenters. The number of hydrogen-bond acceptors (Lipinski definition) is 3. The first-order valence-corrected chi connectivity index (χ1v) is 11.1. The number of carbonyl (C=O) groups is 1. The lowest BCUT2D eigenvalue weighted by Crippen LogP contribution is -2.41. The van der Waals surface area contributed by atoms with Gasteiger partial charge in [0, 0.05) is 50.6 Å². The van der Waals surface area contributed by atoms with Crippen molar-refractivity contribution >= 4 is 35.8 Å². The number of amides is 1. The van der Waals surface area contributed by atoms with E-state index in [-0.39, 0.29) is 29.9 Å². The molecule has 1 amide bonds. The Morgan fingerprint density at radius 2 is 2.00 bits per heavy atom. The highest BCUT2D eigenvalue weighted by atomic mass is 127. The molecular weight excluding hydrogens is 489 g/mol. The molecule has 1 aromatic rings. The number of guanidine groups is 1. The molecule has 30 heavy (non-hydrogen) atoms. The molecule has 0 aromatic heterocycles. The molecule has 0 radical (unpaired) electrons. The van der Waals surface area contributed by atoms with Crippen LogP contribution in [0.3, 0.4) is 0 Å². The Labute approximate surface area is 198 Å². The summed E-state index contributed by atoms with van der Waals surface area (Å²) in [6, 6.07) is 11.6. The molecule has 2 atom stereocenters. The van der Waals surface area contributed by atoms with Crippen molar-refractivity contribution in [3.63, 3.8) is 0 Å². The van der Waals surface area contributed by atoms with Gasteiger partial charge in [-0.05, 0) is 45.7 Å². The van der Waals surface area contributed by atoms with Crippen LogP contribution < -0.4 is 10.6 Å². The van der Waals surface area contributed by atoms with E-state index >= 15 is 0 Å². The number of likely N-dealkylation sites (tertiary alicyclic amines) is 1. The second-order valence-corrected chi connectivity index (χ2v) is 8.49. The van der Waals surface area contributed by atoms with Crippen LogP contribution in [0.25, 0.3) is 0 Å². The lowest BCUT2D eigenvalue weighted by atomic mass is 10.1. The monoisotopic (exact) mass is 527 g/mol. The summed E-state index contributed by atoms with van der Waals surface area (Å²) in [5.41, 5.74) is 1.29. The fraction of sp³-hybridized carbons (Fsp3) is 0.652. The minimum absolute atomic E-state index is 0. The summed E-state index contributed by atoms with van der Waals surface area (Å²) in [4.78, 5) is 21.6. The largest absolute Gasteiger partial charge is 0.357 e. The summed E-state index contributed by atoms with van der Waals surface area (Å²) in [5.74, 6) is 1.47. The number of carbonyl (C=O) groups excluding carboxylic acids is 1. The van der Waals surface area contributed by atoms with Crippen LogP contribution in [-0.2, 0) is 11.2 Å². The van der Waals surface area contributed by atoms with Gasteiger partial charge in [0.15, 0.2) is 5.96 Å². The topological polar surface area (TPSA) is 60.0 Å². The third-order valence-corrected chi connectivity index (χ3v) is 6.04. The Morgan fingerprint density at radius 3 is 2.67 bits per heavy atom. The van der Waals surface area contributed by atoms with Crippen LogP contribution in [0.4, 0.5) is 0 Å². The quantitative estimate of drug-likeness (QED) is 0.279. The lowest BCUT2D eigenvalue weighted by molar-refractivity contribution is -0.127. The average molecular weight is 527 g/mol. The number of halogens is 1. The molecule has 0 bridgehead atoms. The molecular formula is C23H38IN5O. The second kappa shape index (κ2) is 12.5. The molecule has 1 aliphatic heterocycles. The van der Waals surface area contributed by atoms with Crippen LogP contribution in [0, 0.1) is 5.92 Å². The third-order valence-electron chi connectivity index (χ3n) is 6.04. The van der Waals surface area contributed by atoms with Gasteiger partial charge in [-0.2, -0.15) is 0 Å². The van der Waals surface area contributed by atoms with Gasteiger partial charge in [0.2, 0.25) is 5.91 Å². The van der Waals surface area contributed by atoms with Gasteiger partial charge in [-0.3, -0.25) is 14.7 Å². The summed E-state index contributed by atoms with van der Waals surface area (Å²) in [6.45, 7) is 8.37. The normalized spacial score (nSPS) is 20.3. The van der Waals surface area contributed by atoms with Crippen molar-refractivity contribution in [2.45, 2.75) is 51.6 Å². The zero-order valence-corrected chi connectivity index (χ0v) is 21.0. The molecule has 3 rings (SSSR count). The molecule has 2 aliphatic rings. The van der Waals surface area contributed by atoms with Crippen molar-refractivity contribution < 1.29 is 4.79 Å². The third kappa shape index (κ3) is 7.72. The average Bonchev–Trinajstić information content (AvgIpc) is 3.52. The van der Waals surface area contributed by atoms with Crippen molar-refractivity contribution in [3.8, 4) is 0 Å². The Kier molecular flexibility index (Phi) is 10.4. The maximum atomic E-state index is 12.4. The number of rotatable bonds is 10. The molecule has 6 nitrogen and oxygen atoms in total. The Bertz CT molecular complexity index is 679. The van der Waals surface area contributed by atoms with Gasteiger partial charge in [-0.15, -0.1) is 24.0 Å². The van der Waals surface area contributed by atoms with Gasteiger partial charge in [-0.25, -0.2) is 0 Å². The highest BCUT2D eigenvalue weighted by molar-refractivity contribution is 14.0. The zero-order chi connectivity index (χ0) is 20.6. The minimum Gasteiger partial charge on any atom is -0.357 e. The van der Waals surface area contributed by atoms with E-state index in [4.69, 9.17) is 4.99 Å². The van der Waals surface area contributed by atoms with Crippen LogP contribution >= 0.6 is 24.0 Å². The minimum atomic E-state index is 0. The second-order valence-electron chi connectivity index (χ2n) is 8.49. The predicted octanol–water partition coefficient (Wildman–Crippen LogP) is 2.73. The van der Waals surface area contributed by atoms with E-state index in [1.165, 1.54) is 18.4 Å². The molecule has 1 saturated heterocycles. The Hall–Kier alpha value is -1.35. The molecule has 1 saturated carbocycles. The van der Waals surface area contributed by atoms with E-state index in [0.29, 0.717) is 18.4 Å². The SMILES string of the molecule is CCNC(=NCC(C)N(C)C1CC1)NCC1CC(=O)N(CCc2ccccc2)C1.I. The van der Waals surface area contributed by atoms with E-state index in [1.54, 1.807) is 0 Å². The van der Waals surface area contributed by atoms with Gasteiger partial charge in [0.1, 0.15) is 0 Å². The maximum absolute atomic E-state index is 12.4. The van der Waals surface area contributed by atoms with Crippen LogP contribution in [0.1, 0.15) is 38.7 Å². The smallest absolute Gasteiger partial charge is 0.223 e. The number of nitrogens with zero attached hydrogens (tertiary/aromatic N) is 3. The van der Waals surface area contributed by atoms with Crippen molar-refractivity contribution in [1.29, 1.82) is 0 Å². The van der Waals surface area contributed by atoms with E-state index in [0.717, 1.165) is 51.1 Å². The van der Waals surface area contributed by atoms with Gasteiger partial charge in [-0.1, -0.05) is 30.3 Å². The fourth-order valence-electron chi connectivity index (χ4n) is 3.89.